The van der Waals surface area contributed by atoms with E-state index in [1.54, 1.807) is 22.7 Å². The number of carbonyl (C=O) groups is 2. The molecule has 2 fully saturated rings. The number of amides is 2. The summed E-state index contributed by atoms with van der Waals surface area (Å²) in [6.45, 7) is 2.41. The van der Waals surface area contributed by atoms with Crippen LogP contribution in [0.4, 0.5) is 0 Å². The molecule has 6 heteroatoms. The van der Waals surface area contributed by atoms with Gasteiger partial charge in [0.05, 0.1) is 10.6 Å². The molecule has 22 heavy (non-hydrogen) atoms. The molecule has 1 aromatic carbocycles. The topological polar surface area (TPSA) is 40.6 Å². The third-order valence-electron chi connectivity index (χ3n) is 4.21. The molecule has 0 N–H and O–H groups in total. The number of benzene rings is 1. The Morgan fingerprint density at radius 3 is 2.36 bits per heavy atom. The zero-order valence-electron chi connectivity index (χ0n) is 12.5. The third kappa shape index (κ3) is 3.25. The molecule has 3 rings (SSSR count). The SMILES string of the molecule is CSc1ccc(Cl)c(C(=O)N2CCN(C(=O)C3CC3)CC2)c1. The number of thioether (sulfide) groups is 1. The van der Waals surface area contributed by atoms with E-state index in [0.29, 0.717) is 36.8 Å². The van der Waals surface area contributed by atoms with Gasteiger partial charge in [0.1, 0.15) is 0 Å². The first-order chi connectivity index (χ1) is 10.6. The molecule has 1 saturated heterocycles. The Balaban J connectivity index is 1.65. The summed E-state index contributed by atoms with van der Waals surface area (Å²) in [7, 11) is 0. The Morgan fingerprint density at radius 2 is 1.77 bits per heavy atom. The van der Waals surface area contributed by atoms with Gasteiger partial charge in [-0.15, -0.1) is 11.8 Å². The van der Waals surface area contributed by atoms with Crippen molar-refractivity contribution < 1.29 is 9.59 Å². The van der Waals surface area contributed by atoms with Crippen molar-refractivity contribution in [3.05, 3.63) is 28.8 Å². The second-order valence-corrected chi connectivity index (χ2v) is 7.02. The molecule has 1 aromatic rings. The molecule has 0 atom stereocenters. The van der Waals surface area contributed by atoms with E-state index in [0.717, 1.165) is 17.7 Å². The lowest BCUT2D eigenvalue weighted by Crippen LogP contribution is -2.51. The van der Waals surface area contributed by atoms with Gasteiger partial charge >= 0.3 is 0 Å². The Labute approximate surface area is 139 Å². The van der Waals surface area contributed by atoms with E-state index in [4.69, 9.17) is 11.6 Å². The van der Waals surface area contributed by atoms with Crippen LogP contribution in [0.3, 0.4) is 0 Å². The summed E-state index contributed by atoms with van der Waals surface area (Å²) in [5, 5.41) is 0.485. The minimum absolute atomic E-state index is 0.0422. The molecule has 0 aromatic heterocycles. The van der Waals surface area contributed by atoms with Gasteiger partial charge in [-0.3, -0.25) is 9.59 Å². The minimum atomic E-state index is -0.0422. The van der Waals surface area contributed by atoms with Gasteiger partial charge in [-0.05, 0) is 37.3 Å². The molecule has 2 aliphatic rings. The van der Waals surface area contributed by atoms with Crippen LogP contribution in [0.2, 0.25) is 5.02 Å². The quantitative estimate of drug-likeness (QED) is 0.796. The predicted molar refractivity (Wildman–Crippen MR) is 88.4 cm³/mol. The molecule has 0 unspecified atom stereocenters. The summed E-state index contributed by atoms with van der Waals surface area (Å²) in [5.74, 6) is 0.462. The number of rotatable bonds is 3. The first kappa shape index (κ1) is 15.7. The fraction of sp³-hybridized carbons (Fsp3) is 0.500. The van der Waals surface area contributed by atoms with Crippen LogP contribution in [-0.4, -0.2) is 54.0 Å². The zero-order valence-corrected chi connectivity index (χ0v) is 14.1. The third-order valence-corrected chi connectivity index (χ3v) is 5.26. The Morgan fingerprint density at radius 1 is 1.14 bits per heavy atom. The van der Waals surface area contributed by atoms with Crippen molar-refractivity contribution >= 4 is 35.2 Å². The van der Waals surface area contributed by atoms with Crippen LogP contribution in [0.1, 0.15) is 23.2 Å². The van der Waals surface area contributed by atoms with Crippen molar-refractivity contribution in [1.82, 2.24) is 9.80 Å². The number of nitrogens with zero attached hydrogens (tertiary/aromatic N) is 2. The highest BCUT2D eigenvalue weighted by Crippen LogP contribution is 2.31. The first-order valence-electron chi connectivity index (χ1n) is 7.51. The second-order valence-electron chi connectivity index (χ2n) is 5.74. The number of piperazine rings is 1. The average molecular weight is 339 g/mol. The van der Waals surface area contributed by atoms with Gasteiger partial charge in [-0.2, -0.15) is 0 Å². The molecule has 1 heterocycles. The Hall–Kier alpha value is -1.20. The summed E-state index contributed by atoms with van der Waals surface area (Å²) in [4.78, 5) is 29.4. The van der Waals surface area contributed by atoms with E-state index in [-0.39, 0.29) is 17.7 Å². The molecule has 0 spiro atoms. The van der Waals surface area contributed by atoms with E-state index < -0.39 is 0 Å². The Kier molecular flexibility index (Phi) is 4.64. The van der Waals surface area contributed by atoms with E-state index in [2.05, 4.69) is 0 Å². The summed E-state index contributed by atoms with van der Waals surface area (Å²) in [6.07, 6.45) is 4.02. The van der Waals surface area contributed by atoms with Gasteiger partial charge < -0.3 is 9.80 Å². The summed E-state index contributed by atoms with van der Waals surface area (Å²) in [6, 6.07) is 5.53. The largest absolute Gasteiger partial charge is 0.339 e. The molecule has 1 aliphatic carbocycles. The molecule has 0 radical (unpaired) electrons. The summed E-state index contributed by atoms with van der Waals surface area (Å²) >= 11 is 7.76. The van der Waals surface area contributed by atoms with E-state index >= 15 is 0 Å². The van der Waals surface area contributed by atoms with Crippen LogP contribution in [0, 0.1) is 5.92 Å². The maximum Gasteiger partial charge on any atom is 0.255 e. The van der Waals surface area contributed by atoms with Crippen molar-refractivity contribution in [1.29, 1.82) is 0 Å². The van der Waals surface area contributed by atoms with Gasteiger partial charge in [0, 0.05) is 37.0 Å². The average Bonchev–Trinajstić information content (AvgIpc) is 3.39. The highest BCUT2D eigenvalue weighted by molar-refractivity contribution is 7.98. The van der Waals surface area contributed by atoms with Crippen LogP contribution in [0.5, 0.6) is 0 Å². The molecule has 1 saturated carbocycles. The van der Waals surface area contributed by atoms with Crippen molar-refractivity contribution in [3.8, 4) is 0 Å². The normalized spacial score (nSPS) is 18.5. The van der Waals surface area contributed by atoms with Crippen molar-refractivity contribution in [3.63, 3.8) is 0 Å². The number of halogens is 1. The maximum atomic E-state index is 12.6. The lowest BCUT2D eigenvalue weighted by Gasteiger charge is -2.35. The first-order valence-corrected chi connectivity index (χ1v) is 9.12. The van der Waals surface area contributed by atoms with Crippen LogP contribution in [0.15, 0.2) is 23.1 Å². The molecule has 118 valence electrons. The van der Waals surface area contributed by atoms with Crippen molar-refractivity contribution in [2.75, 3.05) is 32.4 Å². The fourth-order valence-corrected chi connectivity index (χ4v) is 3.32. The number of carbonyl (C=O) groups excluding carboxylic acids is 2. The lowest BCUT2D eigenvalue weighted by molar-refractivity contribution is -0.134. The van der Waals surface area contributed by atoms with Crippen LogP contribution in [0.25, 0.3) is 0 Å². The van der Waals surface area contributed by atoms with E-state index in [9.17, 15) is 9.59 Å². The maximum absolute atomic E-state index is 12.6. The highest BCUT2D eigenvalue weighted by Gasteiger charge is 2.35. The van der Waals surface area contributed by atoms with Gasteiger partial charge in [-0.25, -0.2) is 0 Å². The number of hydrogen-bond donors (Lipinski definition) is 0. The van der Waals surface area contributed by atoms with Gasteiger partial charge in [-0.1, -0.05) is 11.6 Å². The molecule has 4 nitrogen and oxygen atoms in total. The lowest BCUT2D eigenvalue weighted by atomic mass is 10.1. The van der Waals surface area contributed by atoms with Crippen LogP contribution >= 0.6 is 23.4 Å². The predicted octanol–water partition coefficient (Wildman–Crippen LogP) is 2.76. The van der Waals surface area contributed by atoms with Gasteiger partial charge in [0.25, 0.3) is 5.91 Å². The molecule has 0 bridgehead atoms. The van der Waals surface area contributed by atoms with Gasteiger partial charge in [0.2, 0.25) is 5.91 Å². The summed E-state index contributed by atoms with van der Waals surface area (Å²) < 4.78 is 0. The molecule has 1 aliphatic heterocycles. The van der Waals surface area contributed by atoms with Crippen molar-refractivity contribution in [2.24, 2.45) is 5.92 Å². The standard InChI is InChI=1S/C16H19ClN2O2S/c1-22-12-4-5-14(17)13(10-12)16(21)19-8-6-18(7-9-19)15(20)11-2-3-11/h4-5,10-11H,2-3,6-9H2,1H3. The second kappa shape index (κ2) is 6.50. The molecular formula is C16H19ClN2O2S. The summed E-state index contributed by atoms with van der Waals surface area (Å²) in [5.41, 5.74) is 0.551. The van der Waals surface area contributed by atoms with Crippen LogP contribution < -0.4 is 0 Å². The Bertz CT molecular complexity index is 596. The van der Waals surface area contributed by atoms with E-state index in [1.165, 1.54) is 0 Å². The van der Waals surface area contributed by atoms with Crippen LogP contribution in [-0.2, 0) is 4.79 Å². The van der Waals surface area contributed by atoms with E-state index in [1.807, 2.05) is 23.3 Å². The monoisotopic (exact) mass is 338 g/mol. The van der Waals surface area contributed by atoms with Gasteiger partial charge in [0.15, 0.2) is 0 Å². The number of hydrogen-bond acceptors (Lipinski definition) is 3. The zero-order chi connectivity index (χ0) is 15.7. The molecular weight excluding hydrogens is 320 g/mol. The van der Waals surface area contributed by atoms with Crippen molar-refractivity contribution in [2.45, 2.75) is 17.7 Å². The minimum Gasteiger partial charge on any atom is -0.339 e. The smallest absolute Gasteiger partial charge is 0.255 e. The molecule has 2 amide bonds. The highest BCUT2D eigenvalue weighted by atomic mass is 35.5. The fourth-order valence-electron chi connectivity index (χ4n) is 2.68.